The van der Waals surface area contributed by atoms with Crippen LogP contribution in [0.25, 0.3) is 0 Å². The molecule has 1 atom stereocenters. The third-order valence-electron chi connectivity index (χ3n) is 3.41. The number of esters is 1. The number of allylic oxidation sites excluding steroid dienone is 1. The lowest BCUT2D eigenvalue weighted by atomic mass is 9.92. The van der Waals surface area contributed by atoms with Crippen LogP contribution in [0.3, 0.4) is 0 Å². The van der Waals surface area contributed by atoms with E-state index in [1.54, 1.807) is 6.92 Å². The third-order valence-corrected chi connectivity index (χ3v) is 3.41. The van der Waals surface area contributed by atoms with Gasteiger partial charge in [0.05, 0.1) is 12.7 Å². The van der Waals surface area contributed by atoms with Gasteiger partial charge in [-0.1, -0.05) is 17.7 Å². The summed E-state index contributed by atoms with van der Waals surface area (Å²) in [5, 5.41) is 10.3. The number of hydrogen-bond donors (Lipinski definition) is 1. The lowest BCUT2D eigenvalue weighted by Gasteiger charge is -2.33. The van der Waals surface area contributed by atoms with Crippen molar-refractivity contribution in [3.05, 3.63) is 40.6 Å². The van der Waals surface area contributed by atoms with Crippen LogP contribution in [0, 0.1) is 6.92 Å². The molecule has 0 bridgehead atoms. The van der Waals surface area contributed by atoms with E-state index in [1.165, 1.54) is 7.11 Å². The number of aliphatic hydroxyl groups is 1. The van der Waals surface area contributed by atoms with Crippen molar-refractivity contribution in [3.8, 4) is 0 Å². The molecule has 4 heteroatoms. The molecule has 1 heterocycles. The fraction of sp³-hybridized carbons (Fsp3) is 0.357. The molecule has 0 radical (unpaired) electrons. The Morgan fingerprint density at radius 3 is 2.67 bits per heavy atom. The number of nitrogens with zero attached hydrogens (tertiary/aromatic N) is 1. The molecule has 0 amide bonds. The molecule has 0 fully saturated rings. The van der Waals surface area contributed by atoms with Crippen molar-refractivity contribution in [2.75, 3.05) is 19.1 Å². The Morgan fingerprint density at radius 2 is 2.06 bits per heavy atom. The number of carbonyl (C=O) groups excluding carboxylic acids is 1. The molecule has 0 saturated heterocycles. The third kappa shape index (κ3) is 1.78. The molecule has 0 spiro atoms. The summed E-state index contributed by atoms with van der Waals surface area (Å²) in [6, 6.07) is 5.83. The summed E-state index contributed by atoms with van der Waals surface area (Å²) in [6.45, 7) is 3.76. The Hall–Kier alpha value is -1.81. The highest BCUT2D eigenvalue weighted by molar-refractivity contribution is 5.93. The molecular formula is C14H17NO3. The zero-order valence-electron chi connectivity index (χ0n) is 11.0. The molecule has 1 aliphatic rings. The van der Waals surface area contributed by atoms with Gasteiger partial charge in [-0.3, -0.25) is 0 Å². The first-order chi connectivity index (χ1) is 8.47. The molecule has 1 unspecified atom stereocenters. The van der Waals surface area contributed by atoms with Gasteiger partial charge in [-0.05, 0) is 19.9 Å². The number of methoxy groups -OCH3 is 1. The number of carbonyl (C=O) groups is 1. The van der Waals surface area contributed by atoms with Crippen LogP contribution in [-0.2, 0) is 9.53 Å². The smallest absolute Gasteiger partial charge is 0.338 e. The topological polar surface area (TPSA) is 49.8 Å². The molecule has 1 aliphatic heterocycles. The maximum absolute atomic E-state index is 11.8. The summed E-state index contributed by atoms with van der Waals surface area (Å²) in [5.41, 5.74) is 3.72. The molecule has 0 aromatic heterocycles. The first-order valence-corrected chi connectivity index (χ1v) is 5.78. The highest BCUT2D eigenvalue weighted by Gasteiger charge is 2.32. The first-order valence-electron chi connectivity index (χ1n) is 5.78. The van der Waals surface area contributed by atoms with Crippen LogP contribution in [0.15, 0.2) is 29.5 Å². The molecular weight excluding hydrogens is 230 g/mol. The summed E-state index contributed by atoms with van der Waals surface area (Å²) < 4.78 is 4.74. The van der Waals surface area contributed by atoms with Crippen molar-refractivity contribution in [3.63, 3.8) is 0 Å². The van der Waals surface area contributed by atoms with Gasteiger partial charge in [-0.2, -0.15) is 0 Å². The van der Waals surface area contributed by atoms with Crippen molar-refractivity contribution in [1.82, 2.24) is 0 Å². The molecule has 0 aliphatic carbocycles. The number of ether oxygens (including phenoxy) is 1. The minimum atomic E-state index is -0.927. The van der Waals surface area contributed by atoms with Crippen molar-refractivity contribution in [1.29, 1.82) is 0 Å². The van der Waals surface area contributed by atoms with Gasteiger partial charge in [-0.25, -0.2) is 4.79 Å². The van der Waals surface area contributed by atoms with Crippen LogP contribution in [0.2, 0.25) is 0 Å². The second-order valence-corrected chi connectivity index (χ2v) is 4.51. The maximum atomic E-state index is 11.8. The zero-order valence-corrected chi connectivity index (χ0v) is 11.0. The molecule has 18 heavy (non-hydrogen) atoms. The number of aliphatic hydroxyl groups excluding tert-OH is 1. The summed E-state index contributed by atoms with van der Waals surface area (Å²) in [6.07, 6.45) is -0.927. The van der Waals surface area contributed by atoms with E-state index in [0.29, 0.717) is 11.3 Å². The molecule has 96 valence electrons. The van der Waals surface area contributed by atoms with Crippen LogP contribution in [0.5, 0.6) is 0 Å². The Labute approximate surface area is 106 Å². The van der Waals surface area contributed by atoms with Gasteiger partial charge in [0.15, 0.2) is 0 Å². The summed E-state index contributed by atoms with van der Waals surface area (Å²) in [7, 11) is 3.19. The molecule has 2 rings (SSSR count). The Kier molecular flexibility index (Phi) is 3.13. The van der Waals surface area contributed by atoms with E-state index in [0.717, 1.165) is 16.8 Å². The van der Waals surface area contributed by atoms with Gasteiger partial charge >= 0.3 is 5.97 Å². The zero-order chi connectivity index (χ0) is 13.4. The van der Waals surface area contributed by atoms with E-state index in [4.69, 9.17) is 4.74 Å². The van der Waals surface area contributed by atoms with Gasteiger partial charge in [0.2, 0.25) is 0 Å². The Morgan fingerprint density at radius 1 is 1.39 bits per heavy atom. The predicted molar refractivity (Wildman–Crippen MR) is 69.3 cm³/mol. The maximum Gasteiger partial charge on any atom is 0.338 e. The quantitative estimate of drug-likeness (QED) is 0.770. The number of fused-ring (bicyclic) bond motifs is 1. The van der Waals surface area contributed by atoms with Gasteiger partial charge < -0.3 is 14.7 Å². The van der Waals surface area contributed by atoms with E-state index in [2.05, 4.69) is 0 Å². The number of benzene rings is 1. The second-order valence-electron chi connectivity index (χ2n) is 4.51. The van der Waals surface area contributed by atoms with E-state index in [1.807, 2.05) is 37.1 Å². The van der Waals surface area contributed by atoms with E-state index >= 15 is 0 Å². The standard InChI is InChI=1S/C14H17NO3/c1-8-5-6-11-10(7-8)13(16)12(14(17)18-4)9(2)15(11)3/h5-7,13,16H,1-4H3. The predicted octanol–water partition coefficient (Wildman–Crippen LogP) is 1.93. The molecule has 1 N–H and O–H groups in total. The Balaban J connectivity index is 2.60. The fourth-order valence-corrected chi connectivity index (χ4v) is 2.28. The van der Waals surface area contributed by atoms with Gasteiger partial charge in [0.25, 0.3) is 0 Å². The van der Waals surface area contributed by atoms with Crippen LogP contribution in [0.4, 0.5) is 5.69 Å². The largest absolute Gasteiger partial charge is 0.466 e. The lowest BCUT2D eigenvalue weighted by Crippen LogP contribution is -2.29. The molecule has 0 saturated carbocycles. The highest BCUT2D eigenvalue weighted by atomic mass is 16.5. The molecule has 4 nitrogen and oxygen atoms in total. The summed E-state index contributed by atoms with van der Waals surface area (Å²) in [5.74, 6) is -0.487. The van der Waals surface area contributed by atoms with E-state index in [-0.39, 0.29) is 0 Å². The minimum absolute atomic E-state index is 0.304. The fourth-order valence-electron chi connectivity index (χ4n) is 2.28. The minimum Gasteiger partial charge on any atom is -0.466 e. The monoisotopic (exact) mass is 247 g/mol. The van der Waals surface area contributed by atoms with Crippen LogP contribution in [-0.4, -0.2) is 25.2 Å². The van der Waals surface area contributed by atoms with Crippen molar-refractivity contribution in [2.45, 2.75) is 20.0 Å². The highest BCUT2D eigenvalue weighted by Crippen LogP contribution is 2.39. The second kappa shape index (κ2) is 4.46. The van der Waals surface area contributed by atoms with E-state index < -0.39 is 12.1 Å². The number of hydrogen-bond acceptors (Lipinski definition) is 4. The summed E-state index contributed by atoms with van der Waals surface area (Å²) >= 11 is 0. The van der Waals surface area contributed by atoms with Crippen LogP contribution >= 0.6 is 0 Å². The van der Waals surface area contributed by atoms with Crippen molar-refractivity contribution in [2.24, 2.45) is 0 Å². The van der Waals surface area contributed by atoms with E-state index in [9.17, 15) is 9.90 Å². The van der Waals surface area contributed by atoms with Gasteiger partial charge in [-0.15, -0.1) is 0 Å². The van der Waals surface area contributed by atoms with Crippen molar-refractivity contribution >= 4 is 11.7 Å². The average Bonchev–Trinajstić information content (AvgIpc) is 2.36. The number of rotatable bonds is 1. The van der Waals surface area contributed by atoms with Crippen molar-refractivity contribution < 1.29 is 14.6 Å². The van der Waals surface area contributed by atoms with Crippen LogP contribution in [0.1, 0.15) is 24.2 Å². The first kappa shape index (κ1) is 12.6. The van der Waals surface area contributed by atoms with Gasteiger partial charge in [0.1, 0.15) is 6.10 Å². The summed E-state index contributed by atoms with van der Waals surface area (Å²) in [4.78, 5) is 13.7. The van der Waals surface area contributed by atoms with Gasteiger partial charge in [0, 0.05) is 24.0 Å². The SMILES string of the molecule is COC(=O)C1=C(C)N(C)c2ccc(C)cc2C1O. The average molecular weight is 247 g/mol. The van der Waals surface area contributed by atoms with Crippen LogP contribution < -0.4 is 4.90 Å². The molecule has 1 aromatic rings. The molecule has 1 aromatic carbocycles. The number of anilines is 1. The Bertz CT molecular complexity index is 534. The lowest BCUT2D eigenvalue weighted by molar-refractivity contribution is -0.137. The normalized spacial score (nSPS) is 18.7. The number of aryl methyl sites for hydroxylation is 1.